The van der Waals surface area contributed by atoms with Gasteiger partial charge in [0.05, 0.1) is 19.3 Å². The Morgan fingerprint density at radius 2 is 1.97 bits per heavy atom. The lowest BCUT2D eigenvalue weighted by molar-refractivity contribution is -0.118. The molecule has 158 valence electrons. The molecule has 2 aromatic rings. The highest BCUT2D eigenvalue weighted by Gasteiger charge is 2.28. The Morgan fingerprint density at radius 3 is 2.66 bits per heavy atom. The van der Waals surface area contributed by atoms with Gasteiger partial charge in [0, 0.05) is 18.0 Å². The van der Waals surface area contributed by atoms with Gasteiger partial charge >= 0.3 is 5.97 Å². The number of para-hydroxylation sites is 2. The van der Waals surface area contributed by atoms with Crippen molar-refractivity contribution in [3.63, 3.8) is 0 Å². The van der Waals surface area contributed by atoms with E-state index in [2.05, 4.69) is 10.2 Å². The van der Waals surface area contributed by atoms with E-state index < -0.39 is 5.97 Å². The van der Waals surface area contributed by atoms with Crippen LogP contribution in [-0.4, -0.2) is 50.7 Å². The van der Waals surface area contributed by atoms with E-state index in [4.69, 9.17) is 14.2 Å². The smallest absolute Gasteiger partial charge is 0.341 e. The van der Waals surface area contributed by atoms with E-state index in [9.17, 15) is 9.59 Å². The summed E-state index contributed by atoms with van der Waals surface area (Å²) >= 11 is 1.42. The maximum Gasteiger partial charge on any atom is 0.341 e. The molecule has 0 aliphatic carbocycles. The van der Waals surface area contributed by atoms with Gasteiger partial charge in [-0.25, -0.2) is 4.79 Å². The number of amides is 1. The Kier molecular flexibility index (Phi) is 8.31. The Hall–Kier alpha value is -2.29. The lowest BCUT2D eigenvalue weighted by Gasteiger charge is -2.22. The highest BCUT2D eigenvalue weighted by molar-refractivity contribution is 7.17. The molecule has 3 rings (SSSR count). The molecule has 0 spiro atoms. The number of fused-ring (bicyclic) bond motifs is 1. The van der Waals surface area contributed by atoms with Crippen molar-refractivity contribution in [2.45, 2.75) is 19.9 Å². The number of rotatable bonds is 7. The van der Waals surface area contributed by atoms with Gasteiger partial charge in [-0.05, 0) is 38.1 Å². The van der Waals surface area contributed by atoms with Gasteiger partial charge in [0.2, 0.25) is 0 Å². The molecule has 0 unspecified atom stereocenters. The molecule has 7 nitrogen and oxygen atoms in total. The number of methoxy groups -OCH3 is 1. The molecule has 1 amide bonds. The third-order valence-electron chi connectivity index (χ3n) is 4.41. The fourth-order valence-corrected chi connectivity index (χ4v) is 4.41. The number of benzene rings is 1. The number of halogens is 1. The molecule has 1 aromatic carbocycles. The van der Waals surface area contributed by atoms with E-state index in [0.717, 1.165) is 30.0 Å². The van der Waals surface area contributed by atoms with Crippen molar-refractivity contribution in [3.8, 4) is 11.5 Å². The number of nitrogens with one attached hydrogen (secondary N) is 1. The van der Waals surface area contributed by atoms with Crippen molar-refractivity contribution < 1.29 is 23.8 Å². The first-order valence-corrected chi connectivity index (χ1v) is 9.91. The highest BCUT2D eigenvalue weighted by Crippen LogP contribution is 2.37. The van der Waals surface area contributed by atoms with E-state index in [0.29, 0.717) is 22.1 Å². The van der Waals surface area contributed by atoms with Crippen LogP contribution in [-0.2, 0) is 22.5 Å². The van der Waals surface area contributed by atoms with Gasteiger partial charge in [0.15, 0.2) is 18.1 Å². The second kappa shape index (κ2) is 10.5. The topological polar surface area (TPSA) is 77.1 Å². The van der Waals surface area contributed by atoms with E-state index in [-0.39, 0.29) is 31.5 Å². The molecule has 29 heavy (non-hydrogen) atoms. The van der Waals surface area contributed by atoms with E-state index in [1.165, 1.54) is 11.3 Å². The molecular formula is C20H25ClN2O5S. The molecule has 0 atom stereocenters. The van der Waals surface area contributed by atoms with E-state index >= 15 is 0 Å². The summed E-state index contributed by atoms with van der Waals surface area (Å²) in [5, 5.41) is 3.34. The zero-order valence-electron chi connectivity index (χ0n) is 16.6. The van der Waals surface area contributed by atoms with Crippen LogP contribution in [0.2, 0.25) is 0 Å². The second-order valence-electron chi connectivity index (χ2n) is 6.40. The zero-order valence-corrected chi connectivity index (χ0v) is 18.3. The van der Waals surface area contributed by atoms with Gasteiger partial charge in [-0.1, -0.05) is 12.1 Å². The first-order chi connectivity index (χ1) is 13.5. The van der Waals surface area contributed by atoms with E-state index in [1.54, 1.807) is 32.2 Å². The molecule has 0 radical (unpaired) electrons. The van der Waals surface area contributed by atoms with Crippen LogP contribution in [0.25, 0.3) is 0 Å². The minimum atomic E-state index is -0.398. The average Bonchev–Trinajstić information content (AvgIpc) is 3.03. The summed E-state index contributed by atoms with van der Waals surface area (Å²) in [4.78, 5) is 28.2. The first-order valence-electron chi connectivity index (χ1n) is 9.09. The van der Waals surface area contributed by atoms with Crippen molar-refractivity contribution in [2.24, 2.45) is 0 Å². The maximum atomic E-state index is 12.5. The predicted octanol–water partition coefficient (Wildman–Crippen LogP) is 3.36. The Labute approximate surface area is 180 Å². The summed E-state index contributed by atoms with van der Waals surface area (Å²) in [6, 6.07) is 7.12. The van der Waals surface area contributed by atoms with Crippen LogP contribution >= 0.6 is 23.7 Å². The lowest BCUT2D eigenvalue weighted by atomic mass is 10.0. The summed E-state index contributed by atoms with van der Waals surface area (Å²) < 4.78 is 16.0. The second-order valence-corrected chi connectivity index (χ2v) is 7.51. The summed E-state index contributed by atoms with van der Waals surface area (Å²) in [6.45, 7) is 3.48. The highest BCUT2D eigenvalue weighted by atomic mass is 35.5. The third-order valence-corrected chi connectivity index (χ3v) is 5.54. The van der Waals surface area contributed by atoms with Crippen LogP contribution in [0, 0.1) is 0 Å². The van der Waals surface area contributed by atoms with Crippen molar-refractivity contribution in [2.75, 3.05) is 39.2 Å². The van der Waals surface area contributed by atoms with Crippen LogP contribution in [0.4, 0.5) is 5.00 Å². The van der Waals surface area contributed by atoms with Gasteiger partial charge in [-0.15, -0.1) is 23.7 Å². The molecule has 1 aromatic heterocycles. The molecule has 1 aliphatic heterocycles. The predicted molar refractivity (Wildman–Crippen MR) is 115 cm³/mol. The number of carbonyl (C=O) groups excluding carboxylic acids is 2. The monoisotopic (exact) mass is 440 g/mol. The number of ether oxygens (including phenoxy) is 3. The van der Waals surface area contributed by atoms with Crippen LogP contribution in [0.1, 0.15) is 27.7 Å². The number of esters is 1. The quantitative estimate of drug-likeness (QED) is 0.665. The van der Waals surface area contributed by atoms with Crippen LogP contribution in [0.3, 0.4) is 0 Å². The van der Waals surface area contributed by atoms with Crippen molar-refractivity contribution in [1.82, 2.24) is 4.90 Å². The van der Waals surface area contributed by atoms with Gasteiger partial charge in [0.1, 0.15) is 5.00 Å². The summed E-state index contributed by atoms with van der Waals surface area (Å²) in [7, 11) is 3.58. The molecule has 0 saturated heterocycles. The largest absolute Gasteiger partial charge is 0.493 e. The number of thiophene rings is 1. The molecule has 0 saturated carbocycles. The fourth-order valence-electron chi connectivity index (χ4n) is 3.08. The minimum absolute atomic E-state index is 0. The van der Waals surface area contributed by atoms with Gasteiger partial charge in [-0.3, -0.25) is 4.79 Å². The first kappa shape index (κ1) is 23.0. The fraction of sp³-hybridized carbons (Fsp3) is 0.400. The van der Waals surface area contributed by atoms with Crippen LogP contribution in [0.5, 0.6) is 11.5 Å². The lowest BCUT2D eigenvalue weighted by Crippen LogP contribution is -2.26. The minimum Gasteiger partial charge on any atom is -0.493 e. The number of carbonyl (C=O) groups is 2. The van der Waals surface area contributed by atoms with Crippen molar-refractivity contribution in [1.29, 1.82) is 0 Å². The normalized spacial score (nSPS) is 13.1. The number of hydrogen-bond donors (Lipinski definition) is 1. The molecule has 0 bridgehead atoms. The van der Waals surface area contributed by atoms with Crippen LogP contribution < -0.4 is 14.8 Å². The Balaban J connectivity index is 0.00000300. The number of likely N-dealkylation sites (N-methyl/N-ethyl adjacent to an activating group) is 1. The van der Waals surface area contributed by atoms with Crippen LogP contribution in [0.15, 0.2) is 24.3 Å². The summed E-state index contributed by atoms with van der Waals surface area (Å²) in [6.07, 6.45) is 0.754. The molecule has 1 aliphatic rings. The number of hydrogen-bond acceptors (Lipinski definition) is 7. The average molecular weight is 441 g/mol. The Morgan fingerprint density at radius 1 is 1.24 bits per heavy atom. The standard InChI is InChI=1S/C20H24N2O5S.ClH/c1-4-26-20(24)18-13-9-10-22(2)11-16(13)28-19(18)21-17(23)12-27-15-8-6-5-7-14(15)25-3;/h5-8H,4,9-12H2,1-3H3,(H,21,23);1H. The number of nitrogens with zero attached hydrogens (tertiary/aromatic N) is 1. The summed E-state index contributed by atoms with van der Waals surface area (Å²) in [5.41, 5.74) is 1.45. The van der Waals surface area contributed by atoms with Crippen molar-refractivity contribution >= 4 is 40.6 Å². The van der Waals surface area contributed by atoms with E-state index in [1.807, 2.05) is 13.1 Å². The van der Waals surface area contributed by atoms with Gasteiger partial charge < -0.3 is 24.4 Å². The number of anilines is 1. The molecule has 2 heterocycles. The molecular weight excluding hydrogens is 416 g/mol. The van der Waals surface area contributed by atoms with Crippen molar-refractivity contribution in [3.05, 3.63) is 40.3 Å². The SMILES string of the molecule is CCOC(=O)c1c(NC(=O)COc2ccccc2OC)sc2c1CCN(C)C2.Cl. The maximum absolute atomic E-state index is 12.5. The molecule has 0 fully saturated rings. The van der Waals surface area contributed by atoms with Gasteiger partial charge in [0.25, 0.3) is 5.91 Å². The third kappa shape index (κ3) is 5.41. The summed E-state index contributed by atoms with van der Waals surface area (Å²) in [5.74, 6) is 0.295. The molecule has 9 heteroatoms. The Bertz CT molecular complexity index is 871. The molecule has 1 N–H and O–H groups in total. The van der Waals surface area contributed by atoms with Gasteiger partial charge in [-0.2, -0.15) is 0 Å². The zero-order chi connectivity index (χ0) is 20.1.